The molecule has 0 bridgehead atoms. The number of thiophene rings is 1. The number of carbonyl (C=O) groups is 2. The van der Waals surface area contributed by atoms with Crippen molar-refractivity contribution in [1.82, 2.24) is 20.6 Å². The Hall–Kier alpha value is -1.87. The summed E-state index contributed by atoms with van der Waals surface area (Å²) in [5.74, 6) is 0.810. The molecule has 0 aliphatic heterocycles. The molecule has 0 saturated carbocycles. The number of aryl methyl sites for hydroxylation is 1. The maximum atomic E-state index is 11.7. The number of urea groups is 1. The molecule has 24 heavy (non-hydrogen) atoms. The number of nitrogens with two attached hydrogens (primary N) is 1. The van der Waals surface area contributed by atoms with Crippen molar-refractivity contribution in [2.45, 2.75) is 31.3 Å². The van der Waals surface area contributed by atoms with Crippen molar-refractivity contribution in [3.63, 3.8) is 0 Å². The number of nitrogens with zero attached hydrogens (tertiary/aromatic N) is 2. The first kappa shape index (κ1) is 17.0. The van der Waals surface area contributed by atoms with Crippen LogP contribution in [0.3, 0.4) is 0 Å². The summed E-state index contributed by atoms with van der Waals surface area (Å²) in [6.07, 6.45) is 3.24. The number of fused-ring (bicyclic) bond motifs is 3. The van der Waals surface area contributed by atoms with Crippen LogP contribution in [0.2, 0.25) is 0 Å². The minimum absolute atomic E-state index is 0.0560. The van der Waals surface area contributed by atoms with Crippen LogP contribution in [0, 0.1) is 5.92 Å². The predicted molar refractivity (Wildman–Crippen MR) is 96.3 cm³/mol. The molecule has 2 aromatic rings. The van der Waals surface area contributed by atoms with Gasteiger partial charge in [-0.15, -0.1) is 11.3 Å². The number of amides is 3. The van der Waals surface area contributed by atoms with E-state index in [1.54, 1.807) is 11.3 Å². The fourth-order valence-electron chi connectivity index (χ4n) is 2.77. The van der Waals surface area contributed by atoms with Crippen LogP contribution >= 0.6 is 23.1 Å². The lowest BCUT2D eigenvalue weighted by Gasteiger charge is -2.17. The fraction of sp³-hybridized carbons (Fsp3) is 0.467. The summed E-state index contributed by atoms with van der Waals surface area (Å²) in [5, 5.41) is 5.96. The lowest BCUT2D eigenvalue weighted by atomic mass is 9.89. The topological polar surface area (TPSA) is 110 Å². The maximum absolute atomic E-state index is 11.7. The summed E-state index contributed by atoms with van der Waals surface area (Å²) >= 11 is 2.84. The van der Waals surface area contributed by atoms with Gasteiger partial charge in [0.05, 0.1) is 11.1 Å². The molecule has 7 nitrogen and oxygen atoms in total. The number of aromatic nitrogens is 2. The molecule has 1 atom stereocenters. The van der Waals surface area contributed by atoms with Crippen LogP contribution in [-0.2, 0) is 17.6 Å². The number of imide groups is 1. The van der Waals surface area contributed by atoms with Gasteiger partial charge in [0.2, 0.25) is 5.91 Å². The smallest absolute Gasteiger partial charge is 0.321 e. The number of anilines is 1. The summed E-state index contributed by atoms with van der Waals surface area (Å²) in [5.41, 5.74) is 7.44. The van der Waals surface area contributed by atoms with E-state index in [-0.39, 0.29) is 5.75 Å². The molecule has 1 unspecified atom stereocenters. The Labute approximate surface area is 147 Å². The largest absolute Gasteiger partial charge is 0.383 e. The van der Waals surface area contributed by atoms with Gasteiger partial charge in [0.15, 0.2) is 5.16 Å². The molecule has 2 aromatic heterocycles. The number of nitrogen functional groups attached to an aromatic ring is 1. The third-order valence-corrected chi connectivity index (χ3v) is 5.97. The van der Waals surface area contributed by atoms with E-state index in [4.69, 9.17) is 5.73 Å². The van der Waals surface area contributed by atoms with Gasteiger partial charge in [0.1, 0.15) is 10.6 Å². The average Bonchev–Trinajstić information content (AvgIpc) is 2.90. The molecular weight excluding hydrogens is 346 g/mol. The summed E-state index contributed by atoms with van der Waals surface area (Å²) in [6.45, 7) is 2.26. The van der Waals surface area contributed by atoms with Crippen molar-refractivity contribution in [2.75, 3.05) is 18.5 Å². The second kappa shape index (κ2) is 6.94. The molecule has 0 radical (unpaired) electrons. The Kier molecular flexibility index (Phi) is 4.91. The second-order valence-electron chi connectivity index (χ2n) is 5.84. The minimum atomic E-state index is -0.531. The number of hydrogen-bond donors (Lipinski definition) is 3. The predicted octanol–water partition coefficient (Wildman–Crippen LogP) is 1.95. The highest BCUT2D eigenvalue weighted by Crippen LogP contribution is 2.39. The van der Waals surface area contributed by atoms with E-state index in [0.717, 1.165) is 29.5 Å². The van der Waals surface area contributed by atoms with Crippen LogP contribution in [0.25, 0.3) is 10.2 Å². The number of carbonyl (C=O) groups excluding carboxylic acids is 2. The van der Waals surface area contributed by atoms with Crippen LogP contribution in [0.1, 0.15) is 23.8 Å². The summed E-state index contributed by atoms with van der Waals surface area (Å²) in [4.78, 5) is 33.9. The zero-order chi connectivity index (χ0) is 17.3. The maximum Gasteiger partial charge on any atom is 0.321 e. The van der Waals surface area contributed by atoms with E-state index >= 15 is 0 Å². The highest BCUT2D eigenvalue weighted by Gasteiger charge is 2.23. The number of thioether (sulfide) groups is 1. The van der Waals surface area contributed by atoms with Crippen LogP contribution in [-0.4, -0.2) is 34.7 Å². The molecule has 1 aliphatic carbocycles. The third kappa shape index (κ3) is 3.46. The van der Waals surface area contributed by atoms with Crippen LogP contribution < -0.4 is 16.4 Å². The molecule has 3 amide bonds. The van der Waals surface area contributed by atoms with E-state index in [1.807, 2.05) is 0 Å². The first-order valence-electron chi connectivity index (χ1n) is 7.70. The molecule has 128 valence electrons. The van der Waals surface area contributed by atoms with Crippen molar-refractivity contribution >= 4 is 51.1 Å². The van der Waals surface area contributed by atoms with Gasteiger partial charge in [-0.1, -0.05) is 18.7 Å². The monoisotopic (exact) mass is 365 g/mol. The van der Waals surface area contributed by atoms with Crippen LogP contribution in [0.15, 0.2) is 5.16 Å². The van der Waals surface area contributed by atoms with Crippen LogP contribution in [0.5, 0.6) is 0 Å². The molecule has 3 rings (SSSR count). The van der Waals surface area contributed by atoms with E-state index in [1.165, 1.54) is 29.3 Å². The molecule has 0 fully saturated rings. The highest BCUT2D eigenvalue weighted by molar-refractivity contribution is 7.99. The molecule has 9 heteroatoms. The lowest BCUT2D eigenvalue weighted by molar-refractivity contribution is -0.117. The van der Waals surface area contributed by atoms with Crippen molar-refractivity contribution in [3.05, 3.63) is 10.4 Å². The average molecular weight is 365 g/mol. The number of hydrogen-bond acceptors (Lipinski definition) is 7. The van der Waals surface area contributed by atoms with Crippen molar-refractivity contribution in [1.29, 1.82) is 0 Å². The molecule has 4 N–H and O–H groups in total. The van der Waals surface area contributed by atoms with Gasteiger partial charge in [0.25, 0.3) is 0 Å². The quantitative estimate of drug-likeness (QED) is 0.566. The Morgan fingerprint density at radius 2 is 2.21 bits per heavy atom. The van der Waals surface area contributed by atoms with E-state index < -0.39 is 11.9 Å². The van der Waals surface area contributed by atoms with E-state index in [0.29, 0.717) is 16.9 Å². The van der Waals surface area contributed by atoms with Gasteiger partial charge in [0, 0.05) is 11.9 Å². The number of rotatable bonds is 3. The van der Waals surface area contributed by atoms with Gasteiger partial charge in [-0.3, -0.25) is 10.1 Å². The minimum Gasteiger partial charge on any atom is -0.383 e. The van der Waals surface area contributed by atoms with Gasteiger partial charge < -0.3 is 11.1 Å². The summed E-state index contributed by atoms with van der Waals surface area (Å²) in [7, 11) is 1.45. The van der Waals surface area contributed by atoms with E-state index in [2.05, 4.69) is 27.5 Å². The van der Waals surface area contributed by atoms with Crippen molar-refractivity contribution in [3.8, 4) is 0 Å². The Bertz CT molecular complexity index is 805. The normalized spacial score (nSPS) is 16.7. The molecule has 2 heterocycles. The highest BCUT2D eigenvalue weighted by atomic mass is 32.2. The van der Waals surface area contributed by atoms with Gasteiger partial charge >= 0.3 is 6.03 Å². The SMILES string of the molecule is CNC(=O)NC(=O)CSc1nc(N)c2c3c(sc2n1)CC(C)CC3. The second-order valence-corrected chi connectivity index (χ2v) is 7.87. The summed E-state index contributed by atoms with van der Waals surface area (Å²) in [6, 6.07) is -0.531. The fourth-order valence-corrected chi connectivity index (χ4v) is 4.87. The lowest BCUT2D eigenvalue weighted by Crippen LogP contribution is -2.38. The molecule has 0 aromatic carbocycles. The Morgan fingerprint density at radius 3 is 2.96 bits per heavy atom. The van der Waals surface area contributed by atoms with Gasteiger partial charge in [-0.2, -0.15) is 0 Å². The first-order valence-corrected chi connectivity index (χ1v) is 9.50. The molecule has 0 saturated heterocycles. The third-order valence-electron chi connectivity index (χ3n) is 3.97. The first-order chi connectivity index (χ1) is 11.5. The Morgan fingerprint density at radius 1 is 1.42 bits per heavy atom. The van der Waals surface area contributed by atoms with Crippen molar-refractivity contribution in [2.24, 2.45) is 5.92 Å². The van der Waals surface area contributed by atoms with E-state index in [9.17, 15) is 9.59 Å². The molecular formula is C15H19N5O2S2. The summed E-state index contributed by atoms with van der Waals surface area (Å²) < 4.78 is 0. The zero-order valence-electron chi connectivity index (χ0n) is 13.5. The number of nitrogens with one attached hydrogen (secondary N) is 2. The Balaban J connectivity index is 1.79. The molecule has 0 spiro atoms. The van der Waals surface area contributed by atoms with Gasteiger partial charge in [-0.05, 0) is 30.7 Å². The standard InChI is InChI=1S/C15H19N5O2S2/c1-7-3-4-8-9(5-7)24-13-11(8)12(16)19-15(20-13)23-6-10(21)18-14(22)17-2/h7H,3-6H2,1-2H3,(H2,16,19,20)(H2,17,18,21,22). The van der Waals surface area contributed by atoms with Crippen molar-refractivity contribution < 1.29 is 9.59 Å². The van der Waals surface area contributed by atoms with Gasteiger partial charge in [-0.25, -0.2) is 14.8 Å². The van der Waals surface area contributed by atoms with Crippen LogP contribution in [0.4, 0.5) is 10.6 Å². The molecule has 1 aliphatic rings. The zero-order valence-corrected chi connectivity index (χ0v) is 15.1.